The van der Waals surface area contributed by atoms with Gasteiger partial charge in [0.25, 0.3) is 0 Å². The molecule has 20 heavy (non-hydrogen) atoms. The number of rotatable bonds is 5. The molecule has 104 valence electrons. The van der Waals surface area contributed by atoms with Gasteiger partial charge in [-0.2, -0.15) is 0 Å². The molecule has 0 radical (unpaired) electrons. The maximum absolute atomic E-state index is 10.0. The van der Waals surface area contributed by atoms with Gasteiger partial charge in [-0.15, -0.1) is 0 Å². The Morgan fingerprint density at radius 1 is 1.10 bits per heavy atom. The van der Waals surface area contributed by atoms with Crippen molar-refractivity contribution < 1.29 is 14.6 Å². The second-order valence-corrected chi connectivity index (χ2v) is 4.18. The molecular formula is C16H17NO3. The third-order valence-corrected chi connectivity index (χ3v) is 2.88. The molecule has 1 aromatic carbocycles. The van der Waals surface area contributed by atoms with Gasteiger partial charge >= 0.3 is 0 Å². The molecule has 0 aliphatic rings. The van der Waals surface area contributed by atoms with E-state index in [1.807, 2.05) is 30.3 Å². The van der Waals surface area contributed by atoms with Crippen molar-refractivity contribution in [2.75, 3.05) is 14.2 Å². The van der Waals surface area contributed by atoms with Crippen molar-refractivity contribution in [2.24, 2.45) is 0 Å². The maximum Gasteiger partial charge on any atom is 0.179 e. The van der Waals surface area contributed by atoms with Crippen LogP contribution in [0.5, 0.6) is 11.5 Å². The fraction of sp³-hybridized carbons (Fsp3) is 0.188. The quantitative estimate of drug-likeness (QED) is 0.908. The van der Waals surface area contributed by atoms with Crippen LogP contribution in [0.15, 0.2) is 48.7 Å². The highest BCUT2D eigenvalue weighted by Gasteiger charge is 2.05. The Hall–Kier alpha value is -2.33. The summed E-state index contributed by atoms with van der Waals surface area (Å²) in [6.45, 7) is 0. The average molecular weight is 271 g/mol. The third-order valence-electron chi connectivity index (χ3n) is 2.88. The van der Waals surface area contributed by atoms with Crippen LogP contribution in [0.1, 0.15) is 17.4 Å². The molecule has 2 aromatic rings. The monoisotopic (exact) mass is 271 g/mol. The number of aliphatic hydroxyl groups excluding tert-OH is 1. The largest absolute Gasteiger partial charge is 0.493 e. The number of hydrogen-bond acceptors (Lipinski definition) is 4. The molecule has 4 heteroatoms. The minimum atomic E-state index is -0.661. The molecule has 0 spiro atoms. The van der Waals surface area contributed by atoms with Crippen LogP contribution in [0.3, 0.4) is 0 Å². The van der Waals surface area contributed by atoms with Crippen LogP contribution in [0.2, 0.25) is 0 Å². The van der Waals surface area contributed by atoms with E-state index in [-0.39, 0.29) is 0 Å². The molecular weight excluding hydrogens is 254 g/mol. The fourth-order valence-electron chi connectivity index (χ4n) is 1.79. The zero-order chi connectivity index (χ0) is 14.4. The van der Waals surface area contributed by atoms with Crippen molar-refractivity contribution in [3.05, 3.63) is 59.9 Å². The summed E-state index contributed by atoms with van der Waals surface area (Å²) in [6.07, 6.45) is 4.36. The van der Waals surface area contributed by atoms with E-state index in [4.69, 9.17) is 9.47 Å². The number of aliphatic hydroxyl groups is 1. The van der Waals surface area contributed by atoms with Gasteiger partial charge in [0.2, 0.25) is 0 Å². The fourth-order valence-corrected chi connectivity index (χ4v) is 1.79. The molecule has 0 aliphatic heterocycles. The van der Waals surface area contributed by atoms with Crippen LogP contribution < -0.4 is 9.47 Å². The van der Waals surface area contributed by atoms with Gasteiger partial charge in [-0.05, 0) is 17.7 Å². The van der Waals surface area contributed by atoms with E-state index in [1.165, 1.54) is 0 Å². The zero-order valence-corrected chi connectivity index (χ0v) is 11.5. The molecule has 0 saturated carbocycles. The second-order valence-electron chi connectivity index (χ2n) is 4.18. The van der Waals surface area contributed by atoms with E-state index in [0.717, 1.165) is 5.56 Å². The Morgan fingerprint density at radius 3 is 2.45 bits per heavy atom. The molecule has 4 nitrogen and oxygen atoms in total. The first kappa shape index (κ1) is 14.1. The molecule has 0 saturated heterocycles. The number of benzene rings is 1. The minimum Gasteiger partial charge on any atom is -0.493 e. The Balaban J connectivity index is 2.15. The molecule has 1 N–H and O–H groups in total. The van der Waals surface area contributed by atoms with Gasteiger partial charge < -0.3 is 14.6 Å². The average Bonchev–Trinajstić information content (AvgIpc) is 2.53. The zero-order valence-electron chi connectivity index (χ0n) is 11.5. The molecule has 0 aliphatic carbocycles. The summed E-state index contributed by atoms with van der Waals surface area (Å²) in [5, 5.41) is 10.0. The van der Waals surface area contributed by atoms with E-state index in [1.54, 1.807) is 38.6 Å². The van der Waals surface area contributed by atoms with Crippen molar-refractivity contribution in [3.63, 3.8) is 0 Å². The maximum atomic E-state index is 10.0. The third kappa shape index (κ3) is 3.36. The SMILES string of the molecule is COc1cnc(C=CC(O)c2ccccc2)cc1OC. The number of hydrogen-bond donors (Lipinski definition) is 1. The Morgan fingerprint density at radius 2 is 1.80 bits per heavy atom. The molecule has 1 heterocycles. The van der Waals surface area contributed by atoms with E-state index in [2.05, 4.69) is 4.98 Å². The summed E-state index contributed by atoms with van der Waals surface area (Å²) < 4.78 is 10.3. The lowest BCUT2D eigenvalue weighted by atomic mass is 10.1. The molecule has 1 aromatic heterocycles. The smallest absolute Gasteiger partial charge is 0.179 e. The highest BCUT2D eigenvalue weighted by molar-refractivity contribution is 5.52. The van der Waals surface area contributed by atoms with Gasteiger partial charge in [0.15, 0.2) is 11.5 Å². The standard InChI is InChI=1S/C16H17NO3/c1-19-15-10-13(17-11-16(15)20-2)8-9-14(18)12-6-4-3-5-7-12/h3-11,14,18H,1-2H3. The summed E-state index contributed by atoms with van der Waals surface area (Å²) in [5.41, 5.74) is 1.53. The van der Waals surface area contributed by atoms with E-state index in [9.17, 15) is 5.11 Å². The van der Waals surface area contributed by atoms with Crippen LogP contribution in [-0.2, 0) is 0 Å². The van der Waals surface area contributed by atoms with Crippen LogP contribution in [0.25, 0.3) is 6.08 Å². The minimum absolute atomic E-state index is 0.577. The first-order valence-corrected chi connectivity index (χ1v) is 6.24. The lowest BCUT2D eigenvalue weighted by Crippen LogP contribution is -1.94. The summed E-state index contributed by atoms with van der Waals surface area (Å²) in [7, 11) is 3.14. The van der Waals surface area contributed by atoms with Crippen LogP contribution in [0, 0.1) is 0 Å². The van der Waals surface area contributed by atoms with Gasteiger partial charge in [0, 0.05) is 6.07 Å². The molecule has 0 amide bonds. The van der Waals surface area contributed by atoms with Gasteiger partial charge in [0.05, 0.1) is 32.2 Å². The number of methoxy groups -OCH3 is 2. The Kier molecular flexibility index (Phi) is 4.74. The Bertz CT molecular complexity index is 582. The lowest BCUT2D eigenvalue weighted by Gasteiger charge is -2.08. The van der Waals surface area contributed by atoms with Gasteiger partial charge in [0.1, 0.15) is 0 Å². The Labute approximate surface area is 118 Å². The topological polar surface area (TPSA) is 51.6 Å². The van der Waals surface area contributed by atoms with Crippen molar-refractivity contribution in [2.45, 2.75) is 6.10 Å². The van der Waals surface area contributed by atoms with Crippen LogP contribution in [-0.4, -0.2) is 24.3 Å². The number of nitrogens with zero attached hydrogens (tertiary/aromatic N) is 1. The first-order chi connectivity index (χ1) is 9.74. The van der Waals surface area contributed by atoms with Crippen molar-refractivity contribution in [1.29, 1.82) is 0 Å². The van der Waals surface area contributed by atoms with E-state index in [0.29, 0.717) is 17.2 Å². The first-order valence-electron chi connectivity index (χ1n) is 6.24. The summed E-state index contributed by atoms with van der Waals surface area (Å²) in [6, 6.07) is 11.2. The van der Waals surface area contributed by atoms with E-state index >= 15 is 0 Å². The number of ether oxygens (including phenoxy) is 2. The van der Waals surface area contributed by atoms with Gasteiger partial charge in [-0.3, -0.25) is 4.98 Å². The molecule has 1 atom stereocenters. The summed E-state index contributed by atoms with van der Waals surface area (Å²) >= 11 is 0. The summed E-state index contributed by atoms with van der Waals surface area (Å²) in [5.74, 6) is 1.18. The van der Waals surface area contributed by atoms with Gasteiger partial charge in [-0.1, -0.05) is 30.3 Å². The van der Waals surface area contributed by atoms with Gasteiger partial charge in [-0.25, -0.2) is 0 Å². The van der Waals surface area contributed by atoms with Crippen molar-refractivity contribution in [1.82, 2.24) is 4.98 Å². The molecule has 1 unspecified atom stereocenters. The normalized spacial score (nSPS) is 12.3. The molecule has 0 bridgehead atoms. The second kappa shape index (κ2) is 6.73. The van der Waals surface area contributed by atoms with Crippen LogP contribution in [0.4, 0.5) is 0 Å². The van der Waals surface area contributed by atoms with Crippen molar-refractivity contribution in [3.8, 4) is 11.5 Å². The number of aromatic nitrogens is 1. The van der Waals surface area contributed by atoms with Crippen molar-refractivity contribution >= 4 is 6.08 Å². The highest BCUT2D eigenvalue weighted by Crippen LogP contribution is 2.26. The van der Waals surface area contributed by atoms with Crippen LogP contribution >= 0.6 is 0 Å². The number of pyridine rings is 1. The summed E-state index contributed by atoms with van der Waals surface area (Å²) in [4.78, 5) is 4.22. The molecule has 0 fully saturated rings. The molecule has 2 rings (SSSR count). The lowest BCUT2D eigenvalue weighted by molar-refractivity contribution is 0.229. The predicted molar refractivity (Wildman–Crippen MR) is 77.8 cm³/mol. The predicted octanol–water partition coefficient (Wildman–Crippen LogP) is 2.85. The highest BCUT2D eigenvalue weighted by atomic mass is 16.5. The van der Waals surface area contributed by atoms with E-state index < -0.39 is 6.10 Å².